The summed E-state index contributed by atoms with van der Waals surface area (Å²) < 4.78 is 14.0. The molecule has 0 aliphatic carbocycles. The number of hydrogen-bond acceptors (Lipinski definition) is 4. The molecule has 1 unspecified atom stereocenters. The molecule has 1 fully saturated rings. The van der Waals surface area contributed by atoms with Crippen LogP contribution in [0.15, 0.2) is 53.7 Å². The van der Waals surface area contributed by atoms with Gasteiger partial charge in [-0.2, -0.15) is 0 Å². The lowest BCUT2D eigenvalue weighted by molar-refractivity contribution is -0.127. The van der Waals surface area contributed by atoms with Crippen molar-refractivity contribution in [3.63, 3.8) is 0 Å². The third kappa shape index (κ3) is 5.91. The Hall–Kier alpha value is -3.16. The Balaban J connectivity index is 1.64. The highest BCUT2D eigenvalue weighted by molar-refractivity contribution is 5.86. The van der Waals surface area contributed by atoms with Gasteiger partial charge in [0.25, 0.3) is 0 Å². The molecule has 2 aromatic rings. The van der Waals surface area contributed by atoms with Crippen LogP contribution in [-0.4, -0.2) is 61.5 Å². The Morgan fingerprint density at radius 1 is 1.28 bits per heavy atom. The second-order valence-electron chi connectivity index (χ2n) is 7.18. The highest BCUT2D eigenvalue weighted by Crippen LogP contribution is 2.20. The Kier molecular flexibility index (Phi) is 6.99. The molecular formula is C21H27FN6O. The zero-order chi connectivity index (χ0) is 20.6. The lowest BCUT2D eigenvalue weighted by Gasteiger charge is -2.20. The van der Waals surface area contributed by atoms with Gasteiger partial charge in [-0.05, 0) is 24.1 Å². The van der Waals surface area contributed by atoms with Crippen molar-refractivity contribution in [1.29, 1.82) is 0 Å². The first-order valence-electron chi connectivity index (χ1n) is 9.67. The van der Waals surface area contributed by atoms with E-state index in [0.717, 1.165) is 12.0 Å². The lowest BCUT2D eigenvalue weighted by atomic mass is 10.2. The maximum atomic E-state index is 14.0. The Morgan fingerprint density at radius 2 is 2.07 bits per heavy atom. The van der Waals surface area contributed by atoms with E-state index in [1.807, 2.05) is 35.2 Å². The first-order chi connectivity index (χ1) is 14.0. The Morgan fingerprint density at radius 3 is 2.79 bits per heavy atom. The van der Waals surface area contributed by atoms with Crippen molar-refractivity contribution < 1.29 is 9.18 Å². The van der Waals surface area contributed by atoms with E-state index in [9.17, 15) is 9.18 Å². The van der Waals surface area contributed by atoms with Gasteiger partial charge in [0, 0.05) is 39.4 Å². The molecular weight excluding hydrogens is 371 g/mol. The molecule has 1 saturated heterocycles. The van der Waals surface area contributed by atoms with E-state index in [-0.39, 0.29) is 24.3 Å². The molecule has 29 heavy (non-hydrogen) atoms. The van der Waals surface area contributed by atoms with Gasteiger partial charge in [-0.25, -0.2) is 14.4 Å². The van der Waals surface area contributed by atoms with Crippen molar-refractivity contribution in [3.05, 3.63) is 60.0 Å². The van der Waals surface area contributed by atoms with E-state index in [1.165, 1.54) is 11.0 Å². The zero-order valence-corrected chi connectivity index (χ0v) is 16.8. The molecule has 1 amide bonds. The van der Waals surface area contributed by atoms with Crippen molar-refractivity contribution in [3.8, 4) is 0 Å². The van der Waals surface area contributed by atoms with Gasteiger partial charge in [0.2, 0.25) is 5.91 Å². The Labute approximate surface area is 170 Å². The van der Waals surface area contributed by atoms with E-state index in [1.54, 1.807) is 26.4 Å². The molecule has 1 aliphatic rings. The number of nitrogens with zero attached hydrogens (tertiary/aromatic N) is 4. The molecule has 1 aromatic carbocycles. The van der Waals surface area contributed by atoms with Crippen molar-refractivity contribution >= 4 is 17.7 Å². The van der Waals surface area contributed by atoms with Gasteiger partial charge < -0.3 is 20.4 Å². The number of guanidine groups is 1. The molecule has 2 heterocycles. The summed E-state index contributed by atoms with van der Waals surface area (Å²) in [4.78, 5) is 24.2. The first kappa shape index (κ1) is 20.6. The summed E-state index contributed by atoms with van der Waals surface area (Å²) in [6.45, 7) is 1.96. The minimum absolute atomic E-state index is 0.0391. The number of carbonyl (C=O) groups is 1. The fraction of sp³-hybridized carbons (Fsp3) is 0.381. The number of benzene rings is 1. The van der Waals surface area contributed by atoms with Gasteiger partial charge in [-0.15, -0.1) is 0 Å². The summed E-state index contributed by atoms with van der Waals surface area (Å²) in [6.07, 6.45) is 2.42. The molecule has 1 aromatic heterocycles. The van der Waals surface area contributed by atoms with E-state index in [4.69, 9.17) is 0 Å². The molecule has 0 saturated carbocycles. The summed E-state index contributed by atoms with van der Waals surface area (Å²) in [6, 6.07) is 13.0. The van der Waals surface area contributed by atoms with Crippen LogP contribution in [0.5, 0.6) is 0 Å². The summed E-state index contributed by atoms with van der Waals surface area (Å²) in [5.74, 6) is 0.580. The number of aliphatic imine (C=N–C) groups is 1. The maximum absolute atomic E-state index is 14.0. The van der Waals surface area contributed by atoms with Crippen LogP contribution in [0.4, 0.5) is 10.2 Å². The molecule has 0 bridgehead atoms. The molecule has 1 aliphatic heterocycles. The van der Waals surface area contributed by atoms with Crippen molar-refractivity contribution in [2.24, 2.45) is 4.99 Å². The standard InChI is InChI=1S/C21H27FN6O/c1-27(2)19(29)14-25-21(24-13-16-7-4-3-5-8-16)26-17-10-12-28(15-17)20-18(22)9-6-11-23-20/h3-9,11,17H,10,12-15H2,1-2H3,(H2,24,25,26). The molecule has 3 rings (SSSR count). The quantitative estimate of drug-likeness (QED) is 0.572. The first-order valence-corrected chi connectivity index (χ1v) is 9.67. The number of aromatic nitrogens is 1. The van der Waals surface area contributed by atoms with Crippen LogP contribution < -0.4 is 15.5 Å². The van der Waals surface area contributed by atoms with E-state index in [2.05, 4.69) is 20.6 Å². The second kappa shape index (κ2) is 9.86. The largest absolute Gasteiger partial charge is 0.352 e. The third-order valence-corrected chi connectivity index (χ3v) is 4.74. The average molecular weight is 398 g/mol. The highest BCUT2D eigenvalue weighted by atomic mass is 19.1. The van der Waals surface area contributed by atoms with Crippen LogP contribution >= 0.6 is 0 Å². The van der Waals surface area contributed by atoms with Crippen LogP contribution in [0.3, 0.4) is 0 Å². The van der Waals surface area contributed by atoms with E-state index in [0.29, 0.717) is 31.4 Å². The summed E-state index contributed by atoms with van der Waals surface area (Å²) in [5, 5.41) is 6.48. The molecule has 8 heteroatoms. The predicted molar refractivity (Wildman–Crippen MR) is 112 cm³/mol. The van der Waals surface area contributed by atoms with Gasteiger partial charge in [0.05, 0.1) is 13.1 Å². The number of pyridine rings is 1. The maximum Gasteiger partial charge on any atom is 0.241 e. The van der Waals surface area contributed by atoms with Crippen LogP contribution in [-0.2, 0) is 11.3 Å². The number of nitrogens with one attached hydrogen (secondary N) is 2. The number of likely N-dealkylation sites (N-methyl/N-ethyl adjacent to an activating group) is 1. The van der Waals surface area contributed by atoms with Crippen molar-refractivity contribution in [2.75, 3.05) is 38.6 Å². The SMILES string of the molecule is CN(C)C(=O)CNC(=NCc1ccccc1)NC1CCN(c2ncccc2F)C1. The molecule has 0 spiro atoms. The van der Waals surface area contributed by atoms with E-state index < -0.39 is 0 Å². The van der Waals surface area contributed by atoms with Crippen LogP contribution in [0.1, 0.15) is 12.0 Å². The number of anilines is 1. The lowest BCUT2D eigenvalue weighted by Crippen LogP contribution is -2.47. The second-order valence-corrected chi connectivity index (χ2v) is 7.18. The van der Waals surface area contributed by atoms with Crippen LogP contribution in [0.2, 0.25) is 0 Å². The normalized spacial score (nSPS) is 16.6. The monoisotopic (exact) mass is 398 g/mol. The number of hydrogen-bond donors (Lipinski definition) is 2. The average Bonchev–Trinajstić information content (AvgIpc) is 3.19. The smallest absolute Gasteiger partial charge is 0.241 e. The summed E-state index contributed by atoms with van der Waals surface area (Å²) >= 11 is 0. The zero-order valence-electron chi connectivity index (χ0n) is 16.8. The third-order valence-electron chi connectivity index (χ3n) is 4.74. The molecule has 1 atom stereocenters. The van der Waals surface area contributed by atoms with Crippen LogP contribution in [0, 0.1) is 5.82 Å². The summed E-state index contributed by atoms with van der Waals surface area (Å²) in [5.41, 5.74) is 1.08. The number of rotatable bonds is 6. The summed E-state index contributed by atoms with van der Waals surface area (Å²) in [7, 11) is 3.43. The van der Waals surface area contributed by atoms with Crippen molar-refractivity contribution in [2.45, 2.75) is 19.0 Å². The number of amides is 1. The molecule has 2 N–H and O–H groups in total. The minimum atomic E-state index is -0.319. The van der Waals surface area contributed by atoms with Gasteiger partial charge in [-0.3, -0.25) is 4.79 Å². The fourth-order valence-electron chi connectivity index (χ4n) is 3.10. The van der Waals surface area contributed by atoms with Crippen LogP contribution in [0.25, 0.3) is 0 Å². The van der Waals surface area contributed by atoms with Gasteiger partial charge in [0.15, 0.2) is 17.6 Å². The minimum Gasteiger partial charge on any atom is -0.352 e. The predicted octanol–water partition coefficient (Wildman–Crippen LogP) is 1.62. The fourth-order valence-corrected chi connectivity index (χ4v) is 3.10. The van der Waals surface area contributed by atoms with Crippen molar-refractivity contribution in [1.82, 2.24) is 20.5 Å². The van der Waals surface area contributed by atoms with E-state index >= 15 is 0 Å². The molecule has 0 radical (unpaired) electrons. The highest BCUT2D eigenvalue weighted by Gasteiger charge is 2.26. The van der Waals surface area contributed by atoms with Gasteiger partial charge >= 0.3 is 0 Å². The molecule has 7 nitrogen and oxygen atoms in total. The van der Waals surface area contributed by atoms with Gasteiger partial charge in [-0.1, -0.05) is 30.3 Å². The van der Waals surface area contributed by atoms with Gasteiger partial charge in [0.1, 0.15) is 0 Å². The topological polar surface area (TPSA) is 72.9 Å². The molecule has 154 valence electrons. The number of carbonyl (C=O) groups excluding carboxylic acids is 1. The Bertz CT molecular complexity index is 842. The number of halogens is 1.